The van der Waals surface area contributed by atoms with Crippen LogP contribution in [0.4, 0.5) is 0 Å². The second kappa shape index (κ2) is 6.72. The molecule has 0 radical (unpaired) electrons. The van der Waals surface area contributed by atoms with Crippen LogP contribution in [0, 0.1) is 0 Å². The molecule has 0 aliphatic heterocycles. The van der Waals surface area contributed by atoms with Gasteiger partial charge >= 0.3 is 10.4 Å². The highest BCUT2D eigenvalue weighted by atomic mass is 35.5. The van der Waals surface area contributed by atoms with E-state index in [0.29, 0.717) is 11.1 Å². The van der Waals surface area contributed by atoms with Crippen molar-refractivity contribution in [3.8, 4) is 0 Å². The fourth-order valence-electron chi connectivity index (χ4n) is 1.53. The second-order valence-electron chi connectivity index (χ2n) is 4.04. The molecule has 0 aliphatic rings. The third-order valence-corrected chi connectivity index (χ3v) is 3.01. The van der Waals surface area contributed by atoms with Gasteiger partial charge < -0.3 is 0 Å². The van der Waals surface area contributed by atoms with E-state index in [0.717, 1.165) is 16.5 Å². The number of fused-ring (bicyclic) bond motifs is 1. The highest BCUT2D eigenvalue weighted by molar-refractivity contribution is 7.98. The van der Waals surface area contributed by atoms with E-state index in [9.17, 15) is 0 Å². The van der Waals surface area contributed by atoms with Gasteiger partial charge in [-0.2, -0.15) is 8.42 Å². The number of rotatable bonds is 2. The Bertz CT molecular complexity index is 692. The van der Waals surface area contributed by atoms with Crippen molar-refractivity contribution in [3.63, 3.8) is 0 Å². The Hall–Kier alpha value is -0.870. The first-order valence-corrected chi connectivity index (χ1v) is 8.41. The van der Waals surface area contributed by atoms with Gasteiger partial charge in [0, 0.05) is 12.0 Å². The first kappa shape index (κ1) is 17.2. The Morgan fingerprint density at radius 1 is 1.40 bits per heavy atom. The molecule has 10 heteroatoms. The van der Waals surface area contributed by atoms with Crippen molar-refractivity contribution in [2.75, 3.05) is 6.26 Å². The van der Waals surface area contributed by atoms with Gasteiger partial charge in [-0.15, -0.1) is 0 Å². The molecule has 0 saturated carbocycles. The third-order valence-electron chi connectivity index (χ3n) is 2.18. The molecule has 2 rings (SSSR count). The lowest BCUT2D eigenvalue weighted by Gasteiger charge is -2.08. The van der Waals surface area contributed by atoms with Gasteiger partial charge in [0.2, 0.25) is 0 Å². The van der Waals surface area contributed by atoms with Crippen LogP contribution in [0.25, 0.3) is 5.52 Å². The molecule has 0 bridgehead atoms. The van der Waals surface area contributed by atoms with Gasteiger partial charge in [-0.05, 0) is 6.26 Å². The van der Waals surface area contributed by atoms with Crippen LogP contribution in [-0.2, 0) is 10.4 Å². The molecule has 0 spiro atoms. The number of hydrogen-bond acceptors (Lipinski definition) is 5. The molecule has 7 nitrogen and oxygen atoms in total. The fourth-order valence-corrected chi connectivity index (χ4v) is 2.34. The zero-order valence-corrected chi connectivity index (χ0v) is 13.4. The number of halogens is 1. The second-order valence-corrected chi connectivity index (χ2v) is 6.10. The normalized spacial score (nSPS) is 11.6. The van der Waals surface area contributed by atoms with E-state index in [-0.39, 0.29) is 0 Å². The maximum absolute atomic E-state index is 8.74. The highest BCUT2D eigenvalue weighted by Crippen LogP contribution is 2.23. The molecule has 0 atom stereocenters. The Balaban J connectivity index is 0.000000347. The van der Waals surface area contributed by atoms with E-state index < -0.39 is 10.4 Å². The molecule has 20 heavy (non-hydrogen) atoms. The van der Waals surface area contributed by atoms with E-state index in [1.54, 1.807) is 11.8 Å². The molecule has 0 aromatic carbocycles. The van der Waals surface area contributed by atoms with Crippen molar-refractivity contribution >= 4 is 39.3 Å². The summed E-state index contributed by atoms with van der Waals surface area (Å²) in [5.74, 6) is 1.40. The van der Waals surface area contributed by atoms with Crippen molar-refractivity contribution in [1.29, 1.82) is 0 Å². The summed E-state index contributed by atoms with van der Waals surface area (Å²) in [5.41, 5.74) is 1.00. The molecule has 0 aliphatic carbocycles. The minimum atomic E-state index is -4.67. The summed E-state index contributed by atoms with van der Waals surface area (Å²) in [4.78, 5) is 8.68. The molecule has 0 unspecified atom stereocenters. The van der Waals surface area contributed by atoms with E-state index in [1.165, 1.54) is 0 Å². The fraction of sp³-hybridized carbons (Fsp3) is 0.400. The van der Waals surface area contributed by atoms with Crippen LogP contribution in [0.5, 0.6) is 0 Å². The summed E-state index contributed by atoms with van der Waals surface area (Å²) in [5, 5.41) is 1.40. The van der Waals surface area contributed by atoms with Crippen molar-refractivity contribution in [2.24, 2.45) is 0 Å². The average Bonchev–Trinajstić information content (AvgIpc) is 2.69. The molecule has 2 aromatic rings. The van der Waals surface area contributed by atoms with Crippen LogP contribution >= 0.6 is 23.4 Å². The lowest BCUT2D eigenvalue weighted by Crippen LogP contribution is -2.01. The molecule has 0 fully saturated rings. The van der Waals surface area contributed by atoms with Crippen LogP contribution in [0.2, 0.25) is 5.15 Å². The Kier molecular flexibility index (Phi) is 5.78. The summed E-state index contributed by atoms with van der Waals surface area (Å²) < 4.78 is 33.6. The van der Waals surface area contributed by atoms with E-state index in [2.05, 4.69) is 28.2 Å². The smallest absolute Gasteiger partial charge is 0.275 e. The summed E-state index contributed by atoms with van der Waals surface area (Å²) in [6.07, 6.45) is 3.82. The van der Waals surface area contributed by atoms with Gasteiger partial charge in [-0.3, -0.25) is 13.5 Å². The number of imidazole rings is 1. The topological polar surface area (TPSA) is 105 Å². The van der Waals surface area contributed by atoms with Gasteiger partial charge in [-0.1, -0.05) is 37.2 Å². The summed E-state index contributed by atoms with van der Waals surface area (Å²) in [6, 6.07) is 1.83. The van der Waals surface area contributed by atoms with Crippen LogP contribution in [-0.4, -0.2) is 38.1 Å². The van der Waals surface area contributed by atoms with E-state index >= 15 is 0 Å². The minimum absolute atomic E-state index is 0.376. The lowest BCUT2D eigenvalue weighted by atomic mass is 10.2. The third kappa shape index (κ3) is 4.91. The molecule has 0 amide bonds. The highest BCUT2D eigenvalue weighted by Gasteiger charge is 2.12. The monoisotopic (exact) mass is 339 g/mol. The van der Waals surface area contributed by atoms with Crippen LogP contribution in [0.3, 0.4) is 0 Å². The van der Waals surface area contributed by atoms with Crippen molar-refractivity contribution in [2.45, 2.75) is 24.9 Å². The van der Waals surface area contributed by atoms with E-state index in [4.69, 9.17) is 29.1 Å². The maximum atomic E-state index is 8.74. The predicted octanol–water partition coefficient (Wildman–Crippen LogP) is 2.58. The molecule has 2 heterocycles. The van der Waals surface area contributed by atoms with Gasteiger partial charge in [0.25, 0.3) is 0 Å². The first-order valence-electron chi connectivity index (χ1n) is 5.41. The summed E-state index contributed by atoms with van der Waals surface area (Å²) in [6.45, 7) is 4.24. The first-order chi connectivity index (χ1) is 9.13. The standard InChI is InChI=1S/C10H12ClN3S.H2O4S/c1-6(2)9-12-5-7-4-8(11)13-10(15-3)14(7)9;1-5(2,3)4/h4-6H,1-3H3;(H2,1,2,3,4). The molecular weight excluding hydrogens is 326 g/mol. The largest absolute Gasteiger partial charge is 0.394 e. The van der Waals surface area contributed by atoms with Gasteiger partial charge in [0.05, 0.1) is 11.7 Å². The van der Waals surface area contributed by atoms with Crippen LogP contribution < -0.4 is 0 Å². The van der Waals surface area contributed by atoms with Gasteiger partial charge in [0.1, 0.15) is 11.0 Å². The molecule has 2 N–H and O–H groups in total. The average molecular weight is 340 g/mol. The lowest BCUT2D eigenvalue weighted by molar-refractivity contribution is 0.381. The Morgan fingerprint density at radius 3 is 2.40 bits per heavy atom. The maximum Gasteiger partial charge on any atom is 0.394 e. The van der Waals surface area contributed by atoms with Crippen LogP contribution in [0.1, 0.15) is 25.6 Å². The van der Waals surface area contributed by atoms with Crippen molar-refractivity contribution in [1.82, 2.24) is 14.4 Å². The summed E-state index contributed by atoms with van der Waals surface area (Å²) in [7, 11) is -4.67. The van der Waals surface area contributed by atoms with Crippen molar-refractivity contribution in [3.05, 3.63) is 23.2 Å². The molecular formula is C10H14ClN3O4S2. The number of nitrogens with zero attached hydrogens (tertiary/aromatic N) is 3. The minimum Gasteiger partial charge on any atom is -0.275 e. The quantitative estimate of drug-likeness (QED) is 0.375. The van der Waals surface area contributed by atoms with Gasteiger partial charge in [-0.25, -0.2) is 9.97 Å². The van der Waals surface area contributed by atoms with Crippen LogP contribution in [0.15, 0.2) is 17.4 Å². The number of aromatic nitrogens is 3. The zero-order chi connectivity index (χ0) is 15.5. The van der Waals surface area contributed by atoms with Gasteiger partial charge in [0.15, 0.2) is 5.16 Å². The Morgan fingerprint density at radius 2 is 1.95 bits per heavy atom. The molecule has 112 valence electrons. The SMILES string of the molecule is CSc1nc(Cl)cc2cnc(C(C)C)n12.O=S(=O)(O)O. The zero-order valence-electron chi connectivity index (χ0n) is 11.0. The van der Waals surface area contributed by atoms with Crippen molar-refractivity contribution < 1.29 is 17.5 Å². The Labute approximate surface area is 126 Å². The molecule has 2 aromatic heterocycles. The van der Waals surface area contributed by atoms with E-state index in [1.807, 2.05) is 18.5 Å². The number of thioether (sulfide) groups is 1. The number of hydrogen-bond donors (Lipinski definition) is 2. The predicted molar refractivity (Wildman–Crippen MR) is 78.0 cm³/mol. The molecule has 0 saturated heterocycles. The summed E-state index contributed by atoms with van der Waals surface area (Å²) >= 11 is 7.50.